The van der Waals surface area contributed by atoms with E-state index in [1.807, 2.05) is 4.57 Å². The Kier molecular flexibility index (Phi) is 2.44. The van der Waals surface area contributed by atoms with Crippen molar-refractivity contribution in [2.24, 2.45) is 0 Å². The van der Waals surface area contributed by atoms with Gasteiger partial charge in [0, 0.05) is 13.1 Å². The van der Waals surface area contributed by atoms with Crippen LogP contribution in [0.2, 0.25) is 0 Å². The molecule has 0 spiro atoms. The van der Waals surface area contributed by atoms with E-state index in [1.54, 1.807) is 18.6 Å². The lowest BCUT2D eigenvalue weighted by Gasteiger charge is -2.28. The van der Waals surface area contributed by atoms with Crippen LogP contribution in [0.5, 0.6) is 0 Å². The summed E-state index contributed by atoms with van der Waals surface area (Å²) in [4.78, 5) is 16.7. The van der Waals surface area contributed by atoms with Gasteiger partial charge in [0.25, 0.3) is 0 Å². The van der Waals surface area contributed by atoms with E-state index in [0.717, 1.165) is 24.6 Å². The molecule has 0 aromatic carbocycles. The van der Waals surface area contributed by atoms with E-state index >= 15 is 0 Å². The summed E-state index contributed by atoms with van der Waals surface area (Å²) in [5.74, 6) is -0.108. The fraction of sp³-hybridized carbons (Fsp3) is 0.273. The lowest BCUT2D eigenvalue weighted by molar-refractivity contribution is 0.0690. The maximum absolute atomic E-state index is 10.7. The summed E-state index contributed by atoms with van der Waals surface area (Å²) in [6.45, 7) is 2.32. The first-order valence-electron chi connectivity index (χ1n) is 5.55. The molecular weight excluding hydrogens is 234 g/mol. The van der Waals surface area contributed by atoms with Gasteiger partial charge >= 0.3 is 5.97 Å². The summed E-state index contributed by atoms with van der Waals surface area (Å²) >= 11 is 0. The molecular formula is C11H11N5O2. The topological polar surface area (TPSA) is 84.1 Å². The van der Waals surface area contributed by atoms with E-state index in [-0.39, 0.29) is 5.69 Å². The zero-order valence-electron chi connectivity index (χ0n) is 9.52. The Bertz CT molecular complexity index is 577. The Morgan fingerprint density at radius 2 is 2.22 bits per heavy atom. The molecule has 1 N–H and O–H groups in total. The monoisotopic (exact) mass is 245 g/mol. The van der Waals surface area contributed by atoms with E-state index in [2.05, 4.69) is 20.1 Å². The number of carbonyl (C=O) groups is 1. The van der Waals surface area contributed by atoms with Gasteiger partial charge in [0.15, 0.2) is 5.82 Å². The van der Waals surface area contributed by atoms with Crippen LogP contribution in [-0.4, -0.2) is 37.4 Å². The largest absolute Gasteiger partial charge is 0.477 e. The maximum Gasteiger partial charge on any atom is 0.354 e. The first-order chi connectivity index (χ1) is 8.74. The normalized spacial score (nSPS) is 14.3. The molecule has 3 heterocycles. The summed E-state index contributed by atoms with van der Waals surface area (Å²) in [7, 11) is 0. The standard InChI is InChI=1S/C11H11N5O2/c17-11(18)9-2-1-8(5-12-9)15-3-4-16-7-13-14-10(16)6-15/h1-2,5,7H,3-4,6H2,(H,17,18). The van der Waals surface area contributed by atoms with Crippen LogP contribution in [-0.2, 0) is 13.1 Å². The van der Waals surface area contributed by atoms with Gasteiger partial charge in [-0.05, 0) is 12.1 Å². The van der Waals surface area contributed by atoms with Gasteiger partial charge in [-0.25, -0.2) is 9.78 Å². The lowest BCUT2D eigenvalue weighted by atomic mass is 10.2. The van der Waals surface area contributed by atoms with Crippen molar-refractivity contribution in [3.05, 3.63) is 36.2 Å². The molecule has 0 atom stereocenters. The fourth-order valence-electron chi connectivity index (χ4n) is 1.99. The van der Waals surface area contributed by atoms with Crippen molar-refractivity contribution in [3.8, 4) is 0 Å². The van der Waals surface area contributed by atoms with Crippen molar-refractivity contribution in [2.75, 3.05) is 11.4 Å². The van der Waals surface area contributed by atoms with Gasteiger partial charge in [-0.2, -0.15) is 0 Å². The van der Waals surface area contributed by atoms with Gasteiger partial charge in [0.2, 0.25) is 0 Å². The van der Waals surface area contributed by atoms with Crippen LogP contribution in [0.1, 0.15) is 16.3 Å². The highest BCUT2D eigenvalue weighted by molar-refractivity contribution is 5.85. The van der Waals surface area contributed by atoms with Crippen LogP contribution in [0.3, 0.4) is 0 Å². The molecule has 1 aliphatic heterocycles. The zero-order chi connectivity index (χ0) is 12.5. The molecule has 7 nitrogen and oxygen atoms in total. The van der Waals surface area contributed by atoms with Crippen molar-refractivity contribution in [3.63, 3.8) is 0 Å². The number of rotatable bonds is 2. The van der Waals surface area contributed by atoms with Crippen LogP contribution >= 0.6 is 0 Å². The van der Waals surface area contributed by atoms with Crippen LogP contribution in [0.4, 0.5) is 5.69 Å². The zero-order valence-corrected chi connectivity index (χ0v) is 9.52. The van der Waals surface area contributed by atoms with Crippen LogP contribution in [0, 0.1) is 0 Å². The van der Waals surface area contributed by atoms with Gasteiger partial charge in [-0.15, -0.1) is 10.2 Å². The van der Waals surface area contributed by atoms with Gasteiger partial charge in [0.1, 0.15) is 12.0 Å². The molecule has 0 bridgehead atoms. The third-order valence-corrected chi connectivity index (χ3v) is 2.97. The molecule has 0 aliphatic carbocycles. The Morgan fingerprint density at radius 1 is 1.33 bits per heavy atom. The Morgan fingerprint density at radius 3 is 2.94 bits per heavy atom. The van der Waals surface area contributed by atoms with E-state index in [4.69, 9.17) is 5.11 Å². The predicted octanol–water partition coefficient (Wildman–Crippen LogP) is 0.391. The second kappa shape index (κ2) is 4.10. The highest BCUT2D eigenvalue weighted by Crippen LogP contribution is 2.18. The van der Waals surface area contributed by atoms with Gasteiger partial charge < -0.3 is 14.6 Å². The second-order valence-electron chi connectivity index (χ2n) is 4.07. The van der Waals surface area contributed by atoms with Crippen molar-refractivity contribution in [1.82, 2.24) is 19.7 Å². The minimum atomic E-state index is -1.01. The molecule has 3 rings (SSSR count). The third kappa shape index (κ3) is 1.79. The van der Waals surface area contributed by atoms with Crippen LogP contribution in [0.25, 0.3) is 0 Å². The van der Waals surface area contributed by atoms with Crippen molar-refractivity contribution in [1.29, 1.82) is 0 Å². The highest BCUT2D eigenvalue weighted by atomic mass is 16.4. The molecule has 7 heteroatoms. The molecule has 0 saturated carbocycles. The van der Waals surface area contributed by atoms with Crippen LogP contribution in [0.15, 0.2) is 24.7 Å². The third-order valence-electron chi connectivity index (χ3n) is 2.97. The summed E-state index contributed by atoms with van der Waals surface area (Å²) in [5, 5.41) is 16.7. The van der Waals surface area contributed by atoms with E-state index < -0.39 is 5.97 Å². The lowest BCUT2D eigenvalue weighted by Crippen LogP contribution is -2.33. The number of carboxylic acids is 1. The Hall–Kier alpha value is -2.44. The average Bonchev–Trinajstić information content (AvgIpc) is 2.86. The number of anilines is 1. The number of pyridine rings is 1. The number of hydrogen-bond acceptors (Lipinski definition) is 5. The smallest absolute Gasteiger partial charge is 0.354 e. The average molecular weight is 245 g/mol. The molecule has 0 amide bonds. The number of aromatic carboxylic acids is 1. The molecule has 0 saturated heterocycles. The summed E-state index contributed by atoms with van der Waals surface area (Å²) in [6, 6.07) is 3.28. The number of carboxylic acid groups (broad SMARTS) is 1. The molecule has 18 heavy (non-hydrogen) atoms. The molecule has 0 unspecified atom stereocenters. The molecule has 0 radical (unpaired) electrons. The maximum atomic E-state index is 10.7. The Labute approximate surface area is 103 Å². The van der Waals surface area contributed by atoms with Crippen molar-refractivity contribution < 1.29 is 9.90 Å². The number of aromatic nitrogens is 4. The molecule has 2 aromatic heterocycles. The minimum absolute atomic E-state index is 0.0546. The van der Waals surface area contributed by atoms with Crippen molar-refractivity contribution in [2.45, 2.75) is 13.1 Å². The van der Waals surface area contributed by atoms with Crippen LogP contribution < -0.4 is 4.90 Å². The number of hydrogen-bond donors (Lipinski definition) is 1. The quantitative estimate of drug-likeness (QED) is 0.824. The molecule has 0 fully saturated rings. The summed E-state index contributed by atoms with van der Waals surface area (Å²) in [6.07, 6.45) is 3.30. The number of fused-ring (bicyclic) bond motifs is 1. The molecule has 1 aliphatic rings. The van der Waals surface area contributed by atoms with Gasteiger partial charge in [-0.1, -0.05) is 0 Å². The molecule has 92 valence electrons. The minimum Gasteiger partial charge on any atom is -0.477 e. The Balaban J connectivity index is 1.82. The van der Waals surface area contributed by atoms with Gasteiger partial charge in [0.05, 0.1) is 18.4 Å². The van der Waals surface area contributed by atoms with E-state index in [0.29, 0.717) is 6.54 Å². The predicted molar refractivity (Wildman–Crippen MR) is 62.3 cm³/mol. The van der Waals surface area contributed by atoms with Crippen molar-refractivity contribution >= 4 is 11.7 Å². The van der Waals surface area contributed by atoms with E-state index in [9.17, 15) is 4.79 Å². The first-order valence-corrected chi connectivity index (χ1v) is 5.55. The summed E-state index contributed by atoms with van der Waals surface area (Å²) < 4.78 is 2.01. The van der Waals surface area contributed by atoms with E-state index in [1.165, 1.54) is 6.07 Å². The highest BCUT2D eigenvalue weighted by Gasteiger charge is 2.18. The fourth-order valence-corrected chi connectivity index (χ4v) is 1.99. The summed E-state index contributed by atoms with van der Waals surface area (Å²) in [5.41, 5.74) is 0.952. The second-order valence-corrected chi connectivity index (χ2v) is 4.07. The van der Waals surface area contributed by atoms with Gasteiger partial charge in [-0.3, -0.25) is 0 Å². The SMILES string of the molecule is O=C(O)c1ccc(N2CCn3cnnc3C2)cn1. The first kappa shape index (κ1) is 10.7. The number of nitrogens with zero attached hydrogens (tertiary/aromatic N) is 5. The molecule has 2 aromatic rings.